The molecule has 1 aromatic heterocycles. The predicted molar refractivity (Wildman–Crippen MR) is 69.9 cm³/mol. The Kier molecular flexibility index (Phi) is 4.66. The van der Waals surface area contributed by atoms with Gasteiger partial charge in [-0.3, -0.25) is 4.79 Å². The molecule has 21 heavy (non-hydrogen) atoms. The van der Waals surface area contributed by atoms with Gasteiger partial charge in [0.2, 0.25) is 11.8 Å². The molecule has 1 aliphatic rings. The molecule has 1 fully saturated rings. The number of carbonyl (C=O) groups excluding carboxylic acids is 1. The molecular formula is C13H16F3N3O2. The van der Waals surface area contributed by atoms with Gasteiger partial charge in [0.25, 0.3) is 0 Å². The number of carbonyl (C=O) groups is 1. The van der Waals surface area contributed by atoms with Crippen LogP contribution in [-0.4, -0.2) is 36.8 Å². The molecule has 0 saturated carbocycles. The Morgan fingerprint density at radius 1 is 1.48 bits per heavy atom. The minimum Gasteiger partial charge on any atom is -0.468 e. The SMILES string of the molecule is CC1CNCC1C(=O)Nc1ccc(OCC(F)(F)F)nc1. The average molecular weight is 303 g/mol. The van der Waals surface area contributed by atoms with Crippen LogP contribution in [0.25, 0.3) is 0 Å². The van der Waals surface area contributed by atoms with Crippen molar-refractivity contribution in [3.8, 4) is 5.88 Å². The molecular weight excluding hydrogens is 287 g/mol. The second kappa shape index (κ2) is 6.30. The molecule has 116 valence electrons. The highest BCUT2D eigenvalue weighted by Crippen LogP contribution is 2.20. The third-order valence-electron chi connectivity index (χ3n) is 3.24. The van der Waals surface area contributed by atoms with Crippen LogP contribution in [0.5, 0.6) is 5.88 Å². The van der Waals surface area contributed by atoms with Crippen molar-refractivity contribution in [3.05, 3.63) is 18.3 Å². The van der Waals surface area contributed by atoms with Gasteiger partial charge in [0.05, 0.1) is 17.8 Å². The van der Waals surface area contributed by atoms with Gasteiger partial charge in [0, 0.05) is 12.6 Å². The van der Waals surface area contributed by atoms with Gasteiger partial charge in [0.1, 0.15) is 0 Å². The summed E-state index contributed by atoms with van der Waals surface area (Å²) in [6.45, 7) is 2.00. The quantitative estimate of drug-likeness (QED) is 0.890. The van der Waals surface area contributed by atoms with Crippen LogP contribution < -0.4 is 15.4 Å². The van der Waals surface area contributed by atoms with Gasteiger partial charge >= 0.3 is 6.18 Å². The fourth-order valence-electron chi connectivity index (χ4n) is 2.09. The first kappa shape index (κ1) is 15.6. The normalized spacial score (nSPS) is 22.1. The fourth-order valence-corrected chi connectivity index (χ4v) is 2.09. The number of nitrogens with zero attached hydrogens (tertiary/aromatic N) is 1. The maximum Gasteiger partial charge on any atom is 0.422 e. The molecule has 0 spiro atoms. The number of amides is 1. The summed E-state index contributed by atoms with van der Waals surface area (Å²) in [5.41, 5.74) is 0.429. The number of hydrogen-bond acceptors (Lipinski definition) is 4. The Labute approximate surface area is 119 Å². The Bertz CT molecular complexity index is 490. The molecule has 5 nitrogen and oxygen atoms in total. The number of halogens is 3. The molecule has 0 bridgehead atoms. The minimum absolute atomic E-state index is 0.119. The third kappa shape index (κ3) is 4.59. The molecule has 2 N–H and O–H groups in total. The van der Waals surface area contributed by atoms with Crippen molar-refractivity contribution in [3.63, 3.8) is 0 Å². The van der Waals surface area contributed by atoms with E-state index in [1.165, 1.54) is 18.3 Å². The minimum atomic E-state index is -4.40. The van der Waals surface area contributed by atoms with Crippen LogP contribution in [0.3, 0.4) is 0 Å². The zero-order chi connectivity index (χ0) is 15.5. The Morgan fingerprint density at radius 3 is 2.76 bits per heavy atom. The van der Waals surface area contributed by atoms with Gasteiger partial charge in [-0.15, -0.1) is 0 Å². The molecule has 8 heteroatoms. The van der Waals surface area contributed by atoms with Gasteiger partial charge in [-0.25, -0.2) is 4.98 Å². The molecule has 0 aromatic carbocycles. The van der Waals surface area contributed by atoms with E-state index in [0.717, 1.165) is 6.54 Å². The zero-order valence-corrected chi connectivity index (χ0v) is 11.4. The Hall–Kier alpha value is -1.83. The number of anilines is 1. The van der Waals surface area contributed by atoms with Gasteiger partial charge in [-0.05, 0) is 18.5 Å². The lowest BCUT2D eigenvalue weighted by Gasteiger charge is -2.14. The van der Waals surface area contributed by atoms with Crippen molar-refractivity contribution in [2.24, 2.45) is 11.8 Å². The van der Waals surface area contributed by atoms with Crippen LogP contribution in [-0.2, 0) is 4.79 Å². The van der Waals surface area contributed by atoms with E-state index in [9.17, 15) is 18.0 Å². The number of pyridine rings is 1. The molecule has 0 aliphatic carbocycles. The highest BCUT2D eigenvalue weighted by molar-refractivity contribution is 5.92. The van der Waals surface area contributed by atoms with Crippen molar-refractivity contribution in [2.75, 3.05) is 25.0 Å². The molecule has 1 aromatic rings. The number of nitrogens with one attached hydrogen (secondary N) is 2. The summed E-state index contributed by atoms with van der Waals surface area (Å²) in [6.07, 6.45) is -3.13. The number of aromatic nitrogens is 1. The summed E-state index contributed by atoms with van der Waals surface area (Å²) in [4.78, 5) is 15.7. The van der Waals surface area contributed by atoms with E-state index in [-0.39, 0.29) is 23.6 Å². The number of hydrogen-bond donors (Lipinski definition) is 2. The number of ether oxygens (including phenoxy) is 1. The number of rotatable bonds is 4. The lowest BCUT2D eigenvalue weighted by atomic mass is 9.97. The van der Waals surface area contributed by atoms with E-state index in [0.29, 0.717) is 12.2 Å². The van der Waals surface area contributed by atoms with E-state index in [4.69, 9.17) is 0 Å². The largest absolute Gasteiger partial charge is 0.468 e. The molecule has 1 saturated heterocycles. The second-order valence-corrected chi connectivity index (χ2v) is 5.02. The van der Waals surface area contributed by atoms with Crippen LogP contribution in [0.1, 0.15) is 6.92 Å². The van der Waals surface area contributed by atoms with Gasteiger partial charge in [-0.1, -0.05) is 6.92 Å². The van der Waals surface area contributed by atoms with Crippen molar-refractivity contribution in [2.45, 2.75) is 13.1 Å². The van der Waals surface area contributed by atoms with Crippen LogP contribution in [0.2, 0.25) is 0 Å². The molecule has 0 radical (unpaired) electrons. The summed E-state index contributed by atoms with van der Waals surface area (Å²) in [5.74, 6) is -0.141. The van der Waals surface area contributed by atoms with Crippen LogP contribution in [0.4, 0.5) is 18.9 Å². The van der Waals surface area contributed by atoms with E-state index >= 15 is 0 Å². The Balaban J connectivity index is 1.89. The topological polar surface area (TPSA) is 63.2 Å². The predicted octanol–water partition coefficient (Wildman–Crippen LogP) is 1.82. The van der Waals surface area contributed by atoms with Crippen molar-refractivity contribution in [1.82, 2.24) is 10.3 Å². The summed E-state index contributed by atoms with van der Waals surface area (Å²) in [7, 11) is 0. The van der Waals surface area contributed by atoms with E-state index in [2.05, 4.69) is 20.4 Å². The summed E-state index contributed by atoms with van der Waals surface area (Å²) in [5, 5.41) is 5.82. The maximum absolute atomic E-state index is 12.0. The van der Waals surface area contributed by atoms with Crippen molar-refractivity contribution >= 4 is 11.6 Å². The van der Waals surface area contributed by atoms with Crippen LogP contribution in [0, 0.1) is 11.8 Å². The first-order chi connectivity index (χ1) is 9.85. The lowest BCUT2D eigenvalue weighted by Crippen LogP contribution is -2.27. The second-order valence-electron chi connectivity index (χ2n) is 5.02. The summed E-state index contributed by atoms with van der Waals surface area (Å²) in [6, 6.07) is 2.75. The monoisotopic (exact) mass is 303 g/mol. The van der Waals surface area contributed by atoms with Gasteiger partial charge < -0.3 is 15.4 Å². The lowest BCUT2D eigenvalue weighted by molar-refractivity contribution is -0.154. The summed E-state index contributed by atoms with van der Waals surface area (Å²) >= 11 is 0. The Morgan fingerprint density at radius 2 is 2.24 bits per heavy atom. The maximum atomic E-state index is 12.0. The summed E-state index contributed by atoms with van der Waals surface area (Å²) < 4.78 is 40.4. The third-order valence-corrected chi connectivity index (χ3v) is 3.24. The smallest absolute Gasteiger partial charge is 0.422 e. The molecule has 1 amide bonds. The number of alkyl halides is 3. The first-order valence-electron chi connectivity index (χ1n) is 6.52. The van der Waals surface area contributed by atoms with Crippen molar-refractivity contribution < 1.29 is 22.7 Å². The van der Waals surface area contributed by atoms with E-state index in [1.807, 2.05) is 6.92 Å². The molecule has 2 heterocycles. The van der Waals surface area contributed by atoms with E-state index < -0.39 is 12.8 Å². The van der Waals surface area contributed by atoms with Gasteiger partial charge in [0.15, 0.2) is 6.61 Å². The van der Waals surface area contributed by atoms with Crippen LogP contribution >= 0.6 is 0 Å². The van der Waals surface area contributed by atoms with Crippen molar-refractivity contribution in [1.29, 1.82) is 0 Å². The first-order valence-corrected chi connectivity index (χ1v) is 6.52. The standard InChI is InChI=1S/C13H16F3N3O2/c1-8-4-17-6-10(8)12(20)19-9-2-3-11(18-5-9)21-7-13(14,15)16/h2-3,5,8,10,17H,4,6-7H2,1H3,(H,19,20). The molecule has 1 aliphatic heterocycles. The molecule has 2 atom stereocenters. The van der Waals surface area contributed by atoms with E-state index in [1.54, 1.807) is 0 Å². The fraction of sp³-hybridized carbons (Fsp3) is 0.538. The molecule has 2 rings (SSSR count). The zero-order valence-electron chi connectivity index (χ0n) is 11.4. The van der Waals surface area contributed by atoms with Gasteiger partial charge in [-0.2, -0.15) is 13.2 Å². The highest BCUT2D eigenvalue weighted by atomic mass is 19.4. The average Bonchev–Trinajstić information content (AvgIpc) is 2.83. The highest BCUT2D eigenvalue weighted by Gasteiger charge is 2.30. The van der Waals surface area contributed by atoms with Crippen LogP contribution in [0.15, 0.2) is 18.3 Å². The molecule has 2 unspecified atom stereocenters.